The molecule has 0 saturated carbocycles. The van der Waals surface area contributed by atoms with Gasteiger partial charge in [-0.05, 0) is 29.6 Å². The Morgan fingerprint density at radius 3 is 2.90 bits per heavy atom. The van der Waals surface area contributed by atoms with Crippen LogP contribution in [0.15, 0.2) is 35.7 Å². The lowest BCUT2D eigenvalue weighted by Gasteiger charge is -2.22. The predicted octanol–water partition coefficient (Wildman–Crippen LogP) is 3.83. The van der Waals surface area contributed by atoms with Crippen molar-refractivity contribution in [3.05, 3.63) is 57.0 Å². The number of amides is 1. The standard InChI is InChI=1S/C15H15ClFNO2S/c1-20-7-6-18(10-12-3-2-8-21-12)15(19)13-9-11(16)4-5-14(13)17/h2-5,8-9H,6-7,10H2,1H3. The van der Waals surface area contributed by atoms with Gasteiger partial charge in [-0.25, -0.2) is 4.39 Å². The van der Waals surface area contributed by atoms with E-state index < -0.39 is 5.82 Å². The Balaban J connectivity index is 2.22. The number of hydrogen-bond acceptors (Lipinski definition) is 3. The van der Waals surface area contributed by atoms with Crippen LogP contribution < -0.4 is 0 Å². The van der Waals surface area contributed by atoms with E-state index in [2.05, 4.69) is 0 Å². The molecule has 0 aliphatic carbocycles. The Bertz CT molecular complexity index is 604. The fourth-order valence-corrected chi connectivity index (χ4v) is 2.77. The fraction of sp³-hybridized carbons (Fsp3) is 0.267. The van der Waals surface area contributed by atoms with E-state index in [9.17, 15) is 9.18 Å². The van der Waals surface area contributed by atoms with Crippen molar-refractivity contribution in [2.24, 2.45) is 0 Å². The van der Waals surface area contributed by atoms with Crippen molar-refractivity contribution in [1.29, 1.82) is 0 Å². The zero-order chi connectivity index (χ0) is 15.2. The van der Waals surface area contributed by atoms with Gasteiger partial charge in [0, 0.05) is 23.6 Å². The molecular weight excluding hydrogens is 313 g/mol. The lowest BCUT2D eigenvalue weighted by atomic mass is 10.2. The van der Waals surface area contributed by atoms with Gasteiger partial charge in [-0.15, -0.1) is 11.3 Å². The molecule has 0 unspecified atom stereocenters. The topological polar surface area (TPSA) is 29.5 Å². The smallest absolute Gasteiger partial charge is 0.257 e. The van der Waals surface area contributed by atoms with Gasteiger partial charge in [-0.3, -0.25) is 4.79 Å². The van der Waals surface area contributed by atoms with E-state index in [0.717, 1.165) is 4.88 Å². The molecule has 3 nitrogen and oxygen atoms in total. The van der Waals surface area contributed by atoms with Crippen molar-refractivity contribution in [2.75, 3.05) is 20.3 Å². The highest BCUT2D eigenvalue weighted by molar-refractivity contribution is 7.09. The summed E-state index contributed by atoms with van der Waals surface area (Å²) < 4.78 is 18.9. The zero-order valence-electron chi connectivity index (χ0n) is 11.5. The van der Waals surface area contributed by atoms with Crippen LogP contribution in [-0.2, 0) is 11.3 Å². The number of hydrogen-bond donors (Lipinski definition) is 0. The average molecular weight is 328 g/mol. The second-order valence-corrected chi connectivity index (χ2v) is 5.89. The van der Waals surface area contributed by atoms with Gasteiger partial charge in [0.05, 0.1) is 18.7 Å². The molecule has 1 aromatic heterocycles. The molecule has 112 valence electrons. The third-order valence-corrected chi connectivity index (χ3v) is 4.03. The van der Waals surface area contributed by atoms with Crippen molar-refractivity contribution in [2.45, 2.75) is 6.54 Å². The van der Waals surface area contributed by atoms with Gasteiger partial charge >= 0.3 is 0 Å². The highest BCUT2D eigenvalue weighted by Gasteiger charge is 2.20. The second-order valence-electron chi connectivity index (χ2n) is 4.42. The summed E-state index contributed by atoms with van der Waals surface area (Å²) in [6, 6.07) is 7.83. The number of rotatable bonds is 6. The monoisotopic (exact) mass is 327 g/mol. The Labute approximate surface area is 131 Å². The van der Waals surface area contributed by atoms with Gasteiger partial charge in [0.2, 0.25) is 0 Å². The molecule has 2 rings (SSSR count). The maximum absolute atomic E-state index is 13.8. The maximum atomic E-state index is 13.8. The normalized spacial score (nSPS) is 10.6. The highest BCUT2D eigenvalue weighted by Crippen LogP contribution is 2.19. The molecule has 6 heteroatoms. The molecule has 0 radical (unpaired) electrons. The molecule has 2 aromatic rings. The zero-order valence-corrected chi connectivity index (χ0v) is 13.1. The van der Waals surface area contributed by atoms with E-state index in [1.165, 1.54) is 18.2 Å². The first kappa shape index (κ1) is 15.9. The van der Waals surface area contributed by atoms with Gasteiger partial charge in [0.15, 0.2) is 0 Å². The second kappa shape index (κ2) is 7.54. The summed E-state index contributed by atoms with van der Waals surface area (Å²) in [7, 11) is 1.56. The molecule has 0 atom stereocenters. The van der Waals surface area contributed by atoms with Gasteiger partial charge in [0.25, 0.3) is 5.91 Å². The van der Waals surface area contributed by atoms with Crippen LogP contribution in [-0.4, -0.2) is 31.1 Å². The Morgan fingerprint density at radius 1 is 1.43 bits per heavy atom. The number of methoxy groups -OCH3 is 1. The van der Waals surface area contributed by atoms with Crippen LogP contribution in [0.2, 0.25) is 5.02 Å². The summed E-state index contributed by atoms with van der Waals surface area (Å²) >= 11 is 7.40. The van der Waals surface area contributed by atoms with Crippen LogP contribution in [0.4, 0.5) is 4.39 Å². The maximum Gasteiger partial charge on any atom is 0.257 e. The van der Waals surface area contributed by atoms with Crippen LogP contribution in [0.5, 0.6) is 0 Å². The molecule has 1 heterocycles. The average Bonchev–Trinajstić information content (AvgIpc) is 2.98. The molecule has 0 bridgehead atoms. The number of ether oxygens (including phenoxy) is 1. The number of carbonyl (C=O) groups is 1. The van der Waals surface area contributed by atoms with Crippen LogP contribution in [0.25, 0.3) is 0 Å². The summed E-state index contributed by atoms with van der Waals surface area (Å²) in [5.74, 6) is -0.960. The fourth-order valence-electron chi connectivity index (χ4n) is 1.88. The van der Waals surface area contributed by atoms with Crippen LogP contribution >= 0.6 is 22.9 Å². The van der Waals surface area contributed by atoms with Crippen LogP contribution in [0.1, 0.15) is 15.2 Å². The molecule has 0 spiro atoms. The Kier molecular flexibility index (Phi) is 5.73. The van der Waals surface area contributed by atoms with E-state index in [-0.39, 0.29) is 11.5 Å². The molecule has 1 amide bonds. The first-order valence-corrected chi connectivity index (χ1v) is 7.63. The first-order valence-electron chi connectivity index (χ1n) is 6.37. The minimum atomic E-state index is -0.571. The number of carbonyl (C=O) groups excluding carboxylic acids is 1. The van der Waals surface area contributed by atoms with E-state index in [0.29, 0.717) is 24.7 Å². The Hall–Kier alpha value is -1.43. The minimum Gasteiger partial charge on any atom is -0.383 e. The molecule has 0 saturated heterocycles. The lowest BCUT2D eigenvalue weighted by molar-refractivity contribution is 0.0678. The Morgan fingerprint density at radius 2 is 2.24 bits per heavy atom. The summed E-state index contributed by atoms with van der Waals surface area (Å²) in [6.45, 7) is 1.20. The SMILES string of the molecule is COCCN(Cc1cccs1)C(=O)c1cc(Cl)ccc1F. The first-order chi connectivity index (χ1) is 10.1. The van der Waals surface area contributed by atoms with Crippen molar-refractivity contribution >= 4 is 28.8 Å². The van der Waals surface area contributed by atoms with E-state index >= 15 is 0 Å². The van der Waals surface area contributed by atoms with Gasteiger partial charge in [0.1, 0.15) is 5.82 Å². The molecule has 0 aliphatic rings. The lowest BCUT2D eigenvalue weighted by Crippen LogP contribution is -2.33. The number of benzene rings is 1. The number of thiophene rings is 1. The third kappa shape index (κ3) is 4.27. The minimum absolute atomic E-state index is 0.0184. The van der Waals surface area contributed by atoms with Gasteiger partial charge in [-0.2, -0.15) is 0 Å². The van der Waals surface area contributed by atoms with Gasteiger partial charge < -0.3 is 9.64 Å². The van der Waals surface area contributed by atoms with E-state index in [1.54, 1.807) is 23.3 Å². The molecule has 21 heavy (non-hydrogen) atoms. The molecular formula is C15H15ClFNO2S. The largest absolute Gasteiger partial charge is 0.383 e. The van der Waals surface area contributed by atoms with Crippen molar-refractivity contribution in [1.82, 2.24) is 4.90 Å². The molecule has 0 fully saturated rings. The number of halogens is 2. The summed E-state index contributed by atoms with van der Waals surface area (Å²) in [5.41, 5.74) is -0.0184. The van der Waals surface area contributed by atoms with Crippen LogP contribution in [0, 0.1) is 5.82 Å². The van der Waals surface area contributed by atoms with E-state index in [1.807, 2.05) is 17.5 Å². The van der Waals surface area contributed by atoms with Crippen LogP contribution in [0.3, 0.4) is 0 Å². The van der Waals surface area contributed by atoms with Gasteiger partial charge in [-0.1, -0.05) is 17.7 Å². The summed E-state index contributed by atoms with van der Waals surface area (Å²) in [4.78, 5) is 15.1. The van der Waals surface area contributed by atoms with Crippen molar-refractivity contribution in [3.8, 4) is 0 Å². The number of nitrogens with zero attached hydrogens (tertiary/aromatic N) is 1. The van der Waals surface area contributed by atoms with E-state index in [4.69, 9.17) is 16.3 Å². The molecule has 0 aliphatic heterocycles. The summed E-state index contributed by atoms with van der Waals surface area (Å²) in [5, 5.41) is 2.27. The predicted molar refractivity (Wildman–Crippen MR) is 82.3 cm³/mol. The molecule has 0 N–H and O–H groups in total. The molecule has 1 aromatic carbocycles. The summed E-state index contributed by atoms with van der Waals surface area (Å²) in [6.07, 6.45) is 0. The van der Waals surface area contributed by atoms with Crippen molar-refractivity contribution in [3.63, 3.8) is 0 Å². The third-order valence-electron chi connectivity index (χ3n) is 2.94. The highest BCUT2D eigenvalue weighted by atomic mass is 35.5. The van der Waals surface area contributed by atoms with Crippen molar-refractivity contribution < 1.29 is 13.9 Å². The quantitative estimate of drug-likeness (QED) is 0.807.